The van der Waals surface area contributed by atoms with Crippen molar-refractivity contribution in [2.45, 2.75) is 77.4 Å². The van der Waals surface area contributed by atoms with Gasteiger partial charge in [-0.25, -0.2) is 9.18 Å². The minimum absolute atomic E-state index is 0.113. The lowest BCUT2D eigenvalue weighted by Crippen LogP contribution is -2.37. The molecule has 30 heavy (non-hydrogen) atoms. The lowest BCUT2D eigenvalue weighted by molar-refractivity contribution is -0.0373. The molecule has 4 rings (SSSR count). The van der Waals surface area contributed by atoms with Gasteiger partial charge in [0.1, 0.15) is 5.82 Å². The fraction of sp³-hybridized carbons (Fsp3) is 0.708. The van der Waals surface area contributed by atoms with E-state index in [1.165, 1.54) is 18.9 Å². The van der Waals surface area contributed by atoms with Crippen LogP contribution < -0.4 is 5.69 Å². The third-order valence-electron chi connectivity index (χ3n) is 7.76. The van der Waals surface area contributed by atoms with Crippen molar-refractivity contribution in [2.75, 3.05) is 20.3 Å². The van der Waals surface area contributed by atoms with E-state index in [0.29, 0.717) is 41.7 Å². The number of fused-ring (bicyclic) bond motifs is 1. The summed E-state index contributed by atoms with van der Waals surface area (Å²) in [5, 5.41) is 0. The highest BCUT2D eigenvalue weighted by atomic mass is 19.1. The highest BCUT2D eigenvalue weighted by Crippen LogP contribution is 2.50. The number of H-pyrrole nitrogens is 1. The molecule has 6 heteroatoms. The quantitative estimate of drug-likeness (QED) is 0.663. The Bertz CT molecular complexity index is 918. The van der Waals surface area contributed by atoms with Crippen LogP contribution in [0.1, 0.15) is 69.9 Å². The van der Waals surface area contributed by atoms with Gasteiger partial charge >= 0.3 is 5.69 Å². The number of ether oxygens (including phenoxy) is 2. The van der Waals surface area contributed by atoms with Crippen LogP contribution in [-0.4, -0.2) is 36.0 Å². The number of halogens is 1. The molecule has 0 radical (unpaired) electrons. The van der Waals surface area contributed by atoms with E-state index in [9.17, 15) is 9.18 Å². The van der Waals surface area contributed by atoms with Gasteiger partial charge in [0.15, 0.2) is 0 Å². The van der Waals surface area contributed by atoms with E-state index in [-0.39, 0.29) is 17.5 Å². The summed E-state index contributed by atoms with van der Waals surface area (Å²) in [6.45, 7) is 5.56. The summed E-state index contributed by atoms with van der Waals surface area (Å²) in [7, 11) is 1.71. The number of hydrogen-bond acceptors (Lipinski definition) is 3. The Morgan fingerprint density at radius 1 is 1.13 bits per heavy atom. The first-order valence-electron chi connectivity index (χ1n) is 11.4. The Morgan fingerprint density at radius 2 is 1.83 bits per heavy atom. The van der Waals surface area contributed by atoms with Crippen molar-refractivity contribution in [3.05, 3.63) is 34.0 Å². The molecule has 2 aromatic rings. The zero-order chi connectivity index (χ0) is 21.3. The predicted molar refractivity (Wildman–Crippen MR) is 116 cm³/mol. The number of benzene rings is 1. The standard InChI is InChI=1S/C24H35FN2O3/c1-16-14-22-21(15-20(16)25)26-23(28)27(22)18-6-4-17(5-7-18)24(2)10-8-19(9-11-24)30-13-12-29-3/h14-15,17-19H,4-13H2,1-3H3,(H,26,28)/t17?,18?,19-,24-. The van der Waals surface area contributed by atoms with Crippen molar-refractivity contribution in [1.29, 1.82) is 0 Å². The van der Waals surface area contributed by atoms with Crippen LogP contribution in [0.25, 0.3) is 11.0 Å². The van der Waals surface area contributed by atoms with Crippen LogP contribution in [0.3, 0.4) is 0 Å². The minimum Gasteiger partial charge on any atom is -0.382 e. The molecule has 0 bridgehead atoms. The van der Waals surface area contributed by atoms with Gasteiger partial charge in [-0.15, -0.1) is 0 Å². The average molecular weight is 419 g/mol. The molecule has 1 aromatic carbocycles. The van der Waals surface area contributed by atoms with Gasteiger partial charge in [-0.2, -0.15) is 0 Å². The first-order chi connectivity index (χ1) is 14.4. The Labute approximate surface area is 177 Å². The smallest absolute Gasteiger partial charge is 0.326 e. The lowest BCUT2D eigenvalue weighted by atomic mass is 9.62. The molecule has 1 heterocycles. The van der Waals surface area contributed by atoms with Crippen LogP contribution in [0, 0.1) is 24.1 Å². The summed E-state index contributed by atoms with van der Waals surface area (Å²) in [6.07, 6.45) is 9.38. The molecule has 0 amide bonds. The molecule has 2 saturated carbocycles. The van der Waals surface area contributed by atoms with Crippen molar-refractivity contribution < 1.29 is 13.9 Å². The predicted octanol–water partition coefficient (Wildman–Crippen LogP) is 5.12. The molecule has 2 aliphatic carbocycles. The molecular formula is C24H35FN2O3. The van der Waals surface area contributed by atoms with Gasteiger partial charge in [0.05, 0.1) is 30.4 Å². The van der Waals surface area contributed by atoms with Gasteiger partial charge in [0.2, 0.25) is 0 Å². The molecule has 2 aliphatic rings. The number of hydrogen-bond donors (Lipinski definition) is 1. The maximum atomic E-state index is 13.9. The summed E-state index contributed by atoms with van der Waals surface area (Å²) in [5.41, 5.74) is 2.28. The van der Waals surface area contributed by atoms with E-state index in [1.807, 2.05) is 4.57 Å². The molecule has 0 saturated heterocycles. The van der Waals surface area contributed by atoms with Gasteiger partial charge < -0.3 is 14.5 Å². The molecule has 166 valence electrons. The highest BCUT2D eigenvalue weighted by molar-refractivity contribution is 5.76. The Hall–Kier alpha value is -1.66. The summed E-state index contributed by atoms with van der Waals surface area (Å²) in [5.74, 6) is 0.433. The van der Waals surface area contributed by atoms with Gasteiger partial charge in [0.25, 0.3) is 0 Å². The molecule has 0 aliphatic heterocycles. The van der Waals surface area contributed by atoms with Crippen LogP contribution in [0.4, 0.5) is 4.39 Å². The zero-order valence-corrected chi connectivity index (χ0v) is 18.5. The Balaban J connectivity index is 1.39. The van der Waals surface area contributed by atoms with Gasteiger partial charge in [-0.3, -0.25) is 4.57 Å². The normalized spacial score (nSPS) is 30.1. The number of rotatable bonds is 6. The van der Waals surface area contributed by atoms with Crippen molar-refractivity contribution in [3.63, 3.8) is 0 Å². The number of methoxy groups -OCH3 is 1. The van der Waals surface area contributed by atoms with Crippen molar-refractivity contribution in [2.24, 2.45) is 11.3 Å². The minimum atomic E-state index is -0.269. The van der Waals surface area contributed by atoms with E-state index < -0.39 is 0 Å². The summed E-state index contributed by atoms with van der Waals surface area (Å²) in [6, 6.07) is 3.45. The second-order valence-corrected chi connectivity index (χ2v) is 9.64. The van der Waals surface area contributed by atoms with Gasteiger partial charge in [-0.05, 0) is 87.3 Å². The van der Waals surface area contributed by atoms with Crippen molar-refractivity contribution in [3.8, 4) is 0 Å². The fourth-order valence-corrected chi connectivity index (χ4v) is 5.77. The van der Waals surface area contributed by atoms with Crippen molar-refractivity contribution >= 4 is 11.0 Å². The maximum absolute atomic E-state index is 13.9. The number of nitrogens with one attached hydrogen (secondary N) is 1. The maximum Gasteiger partial charge on any atom is 0.326 e. The summed E-state index contributed by atoms with van der Waals surface area (Å²) < 4.78 is 26.8. The number of nitrogens with zero attached hydrogens (tertiary/aromatic N) is 1. The third kappa shape index (κ3) is 4.22. The molecule has 2 fully saturated rings. The molecule has 1 N–H and O–H groups in total. The molecule has 1 aromatic heterocycles. The Kier molecular flexibility index (Phi) is 6.35. The summed E-state index contributed by atoms with van der Waals surface area (Å²) >= 11 is 0. The lowest BCUT2D eigenvalue weighted by Gasteiger charge is -2.46. The Morgan fingerprint density at radius 3 is 2.50 bits per heavy atom. The first-order valence-corrected chi connectivity index (χ1v) is 11.4. The molecule has 5 nitrogen and oxygen atoms in total. The average Bonchev–Trinajstić information content (AvgIpc) is 3.05. The van der Waals surface area contributed by atoms with Crippen molar-refractivity contribution in [1.82, 2.24) is 9.55 Å². The first kappa shape index (κ1) is 21.6. The van der Waals surface area contributed by atoms with Gasteiger partial charge in [0, 0.05) is 13.2 Å². The number of imidazole rings is 1. The van der Waals surface area contributed by atoms with Crippen LogP contribution in [0.5, 0.6) is 0 Å². The van der Waals surface area contributed by atoms with E-state index in [2.05, 4.69) is 11.9 Å². The second kappa shape index (κ2) is 8.83. The van der Waals surface area contributed by atoms with E-state index in [1.54, 1.807) is 20.1 Å². The summed E-state index contributed by atoms with van der Waals surface area (Å²) in [4.78, 5) is 15.5. The zero-order valence-electron chi connectivity index (χ0n) is 18.5. The fourth-order valence-electron chi connectivity index (χ4n) is 5.77. The molecule has 0 spiro atoms. The monoisotopic (exact) mass is 418 g/mol. The van der Waals surface area contributed by atoms with Crippen LogP contribution in [-0.2, 0) is 9.47 Å². The topological polar surface area (TPSA) is 56.2 Å². The number of aromatic nitrogens is 2. The number of aryl methyl sites for hydroxylation is 1. The molecule has 0 unspecified atom stereocenters. The van der Waals surface area contributed by atoms with E-state index >= 15 is 0 Å². The third-order valence-corrected chi connectivity index (χ3v) is 7.76. The van der Waals surface area contributed by atoms with Crippen LogP contribution in [0.15, 0.2) is 16.9 Å². The van der Waals surface area contributed by atoms with Crippen LogP contribution >= 0.6 is 0 Å². The number of aromatic amines is 1. The van der Waals surface area contributed by atoms with Crippen LogP contribution in [0.2, 0.25) is 0 Å². The SMILES string of the molecule is COCCO[C@H]1CC[C@](C)(C2CCC(n3c(=O)[nH]c4cc(F)c(C)cc43)CC2)CC1. The van der Waals surface area contributed by atoms with Gasteiger partial charge in [-0.1, -0.05) is 6.92 Å². The highest BCUT2D eigenvalue weighted by Gasteiger charge is 2.40. The second-order valence-electron chi connectivity index (χ2n) is 9.64. The molecule has 0 atom stereocenters. The van der Waals surface area contributed by atoms with E-state index in [4.69, 9.17) is 9.47 Å². The largest absolute Gasteiger partial charge is 0.382 e. The van der Waals surface area contributed by atoms with E-state index in [0.717, 1.165) is 44.0 Å². The molecular weight excluding hydrogens is 383 g/mol.